The van der Waals surface area contributed by atoms with Crippen LogP contribution in [0, 0.1) is 5.92 Å². The predicted octanol–water partition coefficient (Wildman–Crippen LogP) is 1.76. The summed E-state index contributed by atoms with van der Waals surface area (Å²) in [6, 6.07) is 6.77. The molecule has 2 unspecified atom stereocenters. The Kier molecular flexibility index (Phi) is 3.14. The molecule has 1 aromatic carbocycles. The van der Waals surface area contributed by atoms with Crippen molar-refractivity contribution < 1.29 is 9.47 Å². The summed E-state index contributed by atoms with van der Waals surface area (Å²) in [6.07, 6.45) is 2.30. The van der Waals surface area contributed by atoms with E-state index in [9.17, 15) is 0 Å². The normalized spacial score (nSPS) is 26.8. The van der Waals surface area contributed by atoms with Crippen molar-refractivity contribution in [2.24, 2.45) is 11.7 Å². The van der Waals surface area contributed by atoms with Crippen LogP contribution < -0.4 is 15.2 Å². The quantitative estimate of drug-likeness (QED) is 0.885. The number of rotatable bonds is 3. The highest BCUT2D eigenvalue weighted by atomic mass is 16.7. The van der Waals surface area contributed by atoms with Gasteiger partial charge in [0.15, 0.2) is 11.5 Å². The fourth-order valence-corrected chi connectivity index (χ4v) is 3.06. The van der Waals surface area contributed by atoms with Gasteiger partial charge in [-0.15, -0.1) is 0 Å². The van der Waals surface area contributed by atoms with Crippen LogP contribution >= 0.6 is 0 Å². The Morgan fingerprint density at radius 1 is 1.33 bits per heavy atom. The van der Waals surface area contributed by atoms with Gasteiger partial charge in [0, 0.05) is 12.6 Å². The molecular weight excluding hydrogens is 228 g/mol. The third-order valence-corrected chi connectivity index (χ3v) is 3.99. The van der Waals surface area contributed by atoms with E-state index in [0.717, 1.165) is 36.9 Å². The van der Waals surface area contributed by atoms with Gasteiger partial charge in [-0.25, -0.2) is 0 Å². The molecule has 0 aromatic heterocycles. The molecule has 0 radical (unpaired) electrons. The third kappa shape index (κ3) is 2.06. The molecule has 0 bridgehead atoms. The van der Waals surface area contributed by atoms with Gasteiger partial charge in [0.2, 0.25) is 6.79 Å². The van der Waals surface area contributed by atoms with Crippen LogP contribution in [0.3, 0.4) is 0 Å². The molecule has 0 amide bonds. The highest BCUT2D eigenvalue weighted by molar-refractivity contribution is 5.45. The summed E-state index contributed by atoms with van der Waals surface area (Å²) in [6.45, 7) is 2.26. The average molecular weight is 248 g/mol. The largest absolute Gasteiger partial charge is 0.454 e. The van der Waals surface area contributed by atoms with Crippen LogP contribution in [0.1, 0.15) is 24.4 Å². The first-order valence-electron chi connectivity index (χ1n) is 6.58. The summed E-state index contributed by atoms with van der Waals surface area (Å²) in [4.78, 5) is 2.41. The summed E-state index contributed by atoms with van der Waals surface area (Å²) in [5.41, 5.74) is 6.98. The topological polar surface area (TPSA) is 47.7 Å². The number of ether oxygens (including phenoxy) is 2. The molecule has 2 N–H and O–H groups in total. The van der Waals surface area contributed by atoms with Crippen molar-refractivity contribution in [1.29, 1.82) is 0 Å². The maximum Gasteiger partial charge on any atom is 0.231 e. The molecule has 4 heteroatoms. The Bertz CT molecular complexity index is 436. The number of benzene rings is 1. The Balaban J connectivity index is 1.78. The van der Waals surface area contributed by atoms with E-state index in [2.05, 4.69) is 24.1 Å². The first-order chi connectivity index (χ1) is 8.78. The van der Waals surface area contributed by atoms with Gasteiger partial charge in [-0.05, 0) is 50.0 Å². The fraction of sp³-hybridized carbons (Fsp3) is 0.571. The molecule has 2 aliphatic heterocycles. The van der Waals surface area contributed by atoms with Crippen LogP contribution in [-0.2, 0) is 0 Å². The van der Waals surface area contributed by atoms with Crippen molar-refractivity contribution in [3.05, 3.63) is 23.8 Å². The molecule has 1 aromatic rings. The molecule has 1 fully saturated rings. The monoisotopic (exact) mass is 248 g/mol. The number of nitrogens with two attached hydrogens (primary N) is 1. The van der Waals surface area contributed by atoms with Crippen LogP contribution in [0.25, 0.3) is 0 Å². The second kappa shape index (κ2) is 4.78. The van der Waals surface area contributed by atoms with Gasteiger partial charge in [0.25, 0.3) is 0 Å². The second-order valence-electron chi connectivity index (χ2n) is 5.25. The molecule has 1 saturated heterocycles. The SMILES string of the molecule is CN1CC(CCN)CC1c1ccc2c(c1)OCO2. The molecule has 2 heterocycles. The number of fused-ring (bicyclic) bond motifs is 1. The van der Waals surface area contributed by atoms with Crippen molar-refractivity contribution in [2.75, 3.05) is 26.9 Å². The lowest BCUT2D eigenvalue weighted by Crippen LogP contribution is -2.18. The smallest absolute Gasteiger partial charge is 0.231 e. The summed E-state index contributed by atoms with van der Waals surface area (Å²) in [7, 11) is 2.19. The van der Waals surface area contributed by atoms with Crippen molar-refractivity contribution in [2.45, 2.75) is 18.9 Å². The Morgan fingerprint density at radius 2 is 2.17 bits per heavy atom. The van der Waals surface area contributed by atoms with E-state index in [1.165, 1.54) is 12.0 Å². The molecule has 18 heavy (non-hydrogen) atoms. The van der Waals surface area contributed by atoms with E-state index in [1.54, 1.807) is 0 Å². The molecule has 4 nitrogen and oxygen atoms in total. The first kappa shape index (κ1) is 11.8. The average Bonchev–Trinajstić information content (AvgIpc) is 2.95. The molecule has 98 valence electrons. The van der Waals surface area contributed by atoms with E-state index in [-0.39, 0.29) is 0 Å². The van der Waals surface area contributed by atoms with Crippen LogP contribution in [0.2, 0.25) is 0 Å². The molecule has 0 aliphatic carbocycles. The number of likely N-dealkylation sites (tertiary alicyclic amines) is 1. The van der Waals surface area contributed by atoms with Crippen molar-refractivity contribution in [3.8, 4) is 11.5 Å². The van der Waals surface area contributed by atoms with E-state index in [0.29, 0.717) is 12.8 Å². The summed E-state index contributed by atoms with van der Waals surface area (Å²) in [5, 5.41) is 0. The van der Waals surface area contributed by atoms with Crippen LogP contribution in [0.15, 0.2) is 18.2 Å². The third-order valence-electron chi connectivity index (χ3n) is 3.99. The lowest BCUT2D eigenvalue weighted by Gasteiger charge is -2.19. The van der Waals surface area contributed by atoms with Gasteiger partial charge in [-0.3, -0.25) is 4.90 Å². The van der Waals surface area contributed by atoms with Crippen LogP contribution in [0.5, 0.6) is 11.5 Å². The molecule has 0 spiro atoms. The maximum absolute atomic E-state index is 5.66. The van der Waals surface area contributed by atoms with E-state index >= 15 is 0 Å². The van der Waals surface area contributed by atoms with Gasteiger partial charge in [-0.1, -0.05) is 6.07 Å². The molecule has 2 atom stereocenters. The van der Waals surface area contributed by atoms with Crippen molar-refractivity contribution >= 4 is 0 Å². The maximum atomic E-state index is 5.66. The first-order valence-corrected chi connectivity index (χ1v) is 6.58. The van der Waals surface area contributed by atoms with E-state index in [4.69, 9.17) is 15.2 Å². The minimum Gasteiger partial charge on any atom is -0.454 e. The minimum absolute atomic E-state index is 0.342. The van der Waals surface area contributed by atoms with Crippen molar-refractivity contribution in [3.63, 3.8) is 0 Å². The van der Waals surface area contributed by atoms with E-state index in [1.807, 2.05) is 6.07 Å². The number of hydrogen-bond donors (Lipinski definition) is 1. The van der Waals surface area contributed by atoms with Gasteiger partial charge < -0.3 is 15.2 Å². The standard InChI is InChI=1S/C14H20N2O2/c1-16-8-10(4-5-15)6-12(16)11-2-3-13-14(7-11)18-9-17-13/h2-3,7,10,12H,4-6,8-9,15H2,1H3. The van der Waals surface area contributed by atoms with Gasteiger partial charge >= 0.3 is 0 Å². The molecule has 3 rings (SSSR count). The van der Waals surface area contributed by atoms with Crippen LogP contribution in [0.4, 0.5) is 0 Å². The number of nitrogens with zero attached hydrogens (tertiary/aromatic N) is 1. The van der Waals surface area contributed by atoms with Gasteiger partial charge in [-0.2, -0.15) is 0 Å². The molecule has 2 aliphatic rings. The second-order valence-corrected chi connectivity index (χ2v) is 5.25. The fourth-order valence-electron chi connectivity index (χ4n) is 3.06. The summed E-state index contributed by atoms with van der Waals surface area (Å²) < 4.78 is 10.8. The van der Waals surface area contributed by atoms with Gasteiger partial charge in [0.1, 0.15) is 0 Å². The lowest BCUT2D eigenvalue weighted by molar-refractivity contribution is 0.174. The zero-order valence-electron chi connectivity index (χ0n) is 10.8. The molecular formula is C14H20N2O2. The summed E-state index contributed by atoms with van der Waals surface area (Å²) >= 11 is 0. The Hall–Kier alpha value is -1.26. The summed E-state index contributed by atoms with van der Waals surface area (Å²) in [5.74, 6) is 2.46. The minimum atomic E-state index is 0.342. The predicted molar refractivity (Wildman–Crippen MR) is 69.7 cm³/mol. The zero-order valence-corrected chi connectivity index (χ0v) is 10.8. The zero-order chi connectivity index (χ0) is 12.5. The Labute approximate surface area is 108 Å². The van der Waals surface area contributed by atoms with Crippen LogP contribution in [-0.4, -0.2) is 31.8 Å². The highest BCUT2D eigenvalue weighted by Crippen LogP contribution is 2.40. The van der Waals surface area contributed by atoms with Crippen molar-refractivity contribution in [1.82, 2.24) is 4.90 Å². The Morgan fingerprint density at radius 3 is 3.00 bits per heavy atom. The van der Waals surface area contributed by atoms with E-state index < -0.39 is 0 Å². The lowest BCUT2D eigenvalue weighted by atomic mass is 9.97. The number of hydrogen-bond acceptors (Lipinski definition) is 4. The van der Waals surface area contributed by atoms with Gasteiger partial charge in [0.05, 0.1) is 0 Å². The molecule has 0 saturated carbocycles. The highest BCUT2D eigenvalue weighted by Gasteiger charge is 2.30.